The number of fused-ring (bicyclic) bond motifs is 1. The predicted octanol–water partition coefficient (Wildman–Crippen LogP) is 5.62. The van der Waals surface area contributed by atoms with Gasteiger partial charge in [-0.25, -0.2) is 4.98 Å². The van der Waals surface area contributed by atoms with Crippen molar-refractivity contribution in [3.8, 4) is 11.1 Å². The first-order valence-electron chi connectivity index (χ1n) is 10.6. The van der Waals surface area contributed by atoms with E-state index in [1.54, 1.807) is 0 Å². The molecule has 0 fully saturated rings. The van der Waals surface area contributed by atoms with E-state index in [-0.39, 0.29) is 6.04 Å². The van der Waals surface area contributed by atoms with Crippen molar-refractivity contribution in [2.75, 3.05) is 0 Å². The fraction of sp³-hybridized carbons (Fsp3) is 0.111. The minimum Gasteiger partial charge on any atom is -0.374 e. The van der Waals surface area contributed by atoms with Gasteiger partial charge in [0.1, 0.15) is 5.65 Å². The minimum atomic E-state index is -0.0533. The molecule has 0 saturated carbocycles. The minimum absolute atomic E-state index is 0.0533. The average molecular weight is 420 g/mol. The van der Waals surface area contributed by atoms with Crippen LogP contribution in [0.1, 0.15) is 28.3 Å². The van der Waals surface area contributed by atoms with E-state index in [2.05, 4.69) is 82.5 Å². The van der Waals surface area contributed by atoms with Gasteiger partial charge < -0.3 is 10.3 Å². The lowest BCUT2D eigenvalue weighted by molar-refractivity contribution is 0.741. The van der Waals surface area contributed by atoms with Gasteiger partial charge in [0.05, 0.1) is 12.2 Å². The Hall–Kier alpha value is -4.12. The Balaban J connectivity index is 1.58. The number of H-pyrrole nitrogens is 1. The molecule has 5 heteroatoms. The molecule has 158 valence electrons. The highest BCUT2D eigenvalue weighted by Gasteiger charge is 2.20. The molecule has 0 radical (unpaired) electrons. The second-order valence-electron chi connectivity index (χ2n) is 7.99. The number of nitrogens with zero attached hydrogens (tertiary/aromatic N) is 3. The van der Waals surface area contributed by atoms with Crippen molar-refractivity contribution in [1.29, 1.82) is 0 Å². The summed E-state index contributed by atoms with van der Waals surface area (Å²) in [6, 6.07) is 20.9. The zero-order valence-corrected chi connectivity index (χ0v) is 18.2. The van der Waals surface area contributed by atoms with E-state index in [9.17, 15) is 0 Å². The molecular weight excluding hydrogens is 394 g/mol. The van der Waals surface area contributed by atoms with Crippen LogP contribution < -0.4 is 5.32 Å². The van der Waals surface area contributed by atoms with Gasteiger partial charge in [-0.3, -0.25) is 4.68 Å². The largest absolute Gasteiger partial charge is 0.374 e. The number of hydrogen-bond acceptors (Lipinski definition) is 3. The third kappa shape index (κ3) is 3.58. The van der Waals surface area contributed by atoms with Crippen LogP contribution >= 0.6 is 0 Å². The fourth-order valence-corrected chi connectivity index (χ4v) is 4.30. The first-order valence-corrected chi connectivity index (χ1v) is 10.6. The molecule has 5 rings (SSSR count). The molecule has 0 aliphatic carbocycles. The van der Waals surface area contributed by atoms with Crippen LogP contribution in [0.4, 0.5) is 0 Å². The van der Waals surface area contributed by atoms with Gasteiger partial charge in [0.25, 0.3) is 0 Å². The molecule has 3 heterocycles. The Morgan fingerprint density at radius 3 is 2.69 bits per heavy atom. The summed E-state index contributed by atoms with van der Waals surface area (Å²) in [5.74, 6) is 0. The first-order chi connectivity index (χ1) is 15.6. The van der Waals surface area contributed by atoms with Gasteiger partial charge in [0.15, 0.2) is 0 Å². The number of pyridine rings is 1. The molecule has 0 saturated heterocycles. The van der Waals surface area contributed by atoms with Crippen LogP contribution in [0.3, 0.4) is 0 Å². The summed E-state index contributed by atoms with van der Waals surface area (Å²) in [4.78, 5) is 7.59. The van der Waals surface area contributed by atoms with Crippen molar-refractivity contribution in [1.82, 2.24) is 25.1 Å². The van der Waals surface area contributed by atoms with Crippen molar-refractivity contribution in [2.24, 2.45) is 7.05 Å². The molecule has 0 aliphatic rings. The molecule has 1 atom stereocenters. The summed E-state index contributed by atoms with van der Waals surface area (Å²) in [6.07, 6.45) is 7.68. The van der Waals surface area contributed by atoms with Crippen molar-refractivity contribution in [3.05, 3.63) is 114 Å². The number of nitrogens with one attached hydrogen (secondary N) is 2. The van der Waals surface area contributed by atoms with Crippen LogP contribution in [0, 0.1) is 6.92 Å². The van der Waals surface area contributed by atoms with Gasteiger partial charge in [-0.1, -0.05) is 55.1 Å². The number of benzene rings is 2. The summed E-state index contributed by atoms with van der Waals surface area (Å²) >= 11 is 0. The average Bonchev–Trinajstić information content (AvgIpc) is 3.47. The van der Waals surface area contributed by atoms with Gasteiger partial charge >= 0.3 is 0 Å². The van der Waals surface area contributed by atoms with E-state index in [1.807, 2.05) is 48.5 Å². The van der Waals surface area contributed by atoms with Crippen LogP contribution in [-0.4, -0.2) is 19.7 Å². The van der Waals surface area contributed by atoms with Gasteiger partial charge in [0, 0.05) is 47.8 Å². The second kappa shape index (κ2) is 8.19. The SMILES string of the molecule is C=C(NC(c1ccccc1)c1cccc(-c2cnn(C)c2)c1C)c1ccnc2[nH]ccc12. The standard InChI is InChI=1S/C27H25N5/c1-18-22(21-16-30-32(3)17-21)10-7-11-23(18)26(20-8-5-4-6-9-20)31-19(2)24-12-14-28-27-25(24)13-15-29-27/h4-17,26,31H,2H2,1,3H3,(H,28,29). The molecule has 3 aromatic heterocycles. The molecule has 1 unspecified atom stereocenters. The lowest BCUT2D eigenvalue weighted by Gasteiger charge is -2.25. The van der Waals surface area contributed by atoms with Gasteiger partial charge in [-0.2, -0.15) is 5.10 Å². The third-order valence-electron chi connectivity index (χ3n) is 5.94. The van der Waals surface area contributed by atoms with E-state index < -0.39 is 0 Å². The van der Waals surface area contributed by atoms with Gasteiger partial charge in [-0.05, 0) is 41.3 Å². The molecule has 32 heavy (non-hydrogen) atoms. The summed E-state index contributed by atoms with van der Waals surface area (Å²) in [5, 5.41) is 9.13. The summed E-state index contributed by atoms with van der Waals surface area (Å²) in [7, 11) is 1.94. The first kappa shape index (κ1) is 19.8. The molecule has 0 aliphatic heterocycles. The van der Waals surface area contributed by atoms with E-state index in [1.165, 1.54) is 22.3 Å². The van der Waals surface area contributed by atoms with E-state index in [4.69, 9.17) is 0 Å². The Morgan fingerprint density at radius 2 is 1.91 bits per heavy atom. The predicted molar refractivity (Wildman–Crippen MR) is 130 cm³/mol. The second-order valence-corrected chi connectivity index (χ2v) is 7.99. The Bertz CT molecular complexity index is 1390. The van der Waals surface area contributed by atoms with E-state index in [0.29, 0.717) is 0 Å². The lowest BCUT2D eigenvalue weighted by atomic mass is 9.90. The summed E-state index contributed by atoms with van der Waals surface area (Å²) in [5.41, 5.74) is 8.65. The maximum Gasteiger partial charge on any atom is 0.137 e. The highest BCUT2D eigenvalue weighted by molar-refractivity contribution is 5.89. The highest BCUT2D eigenvalue weighted by Crippen LogP contribution is 2.33. The maximum atomic E-state index is 4.41. The van der Waals surface area contributed by atoms with Crippen LogP contribution in [0.25, 0.3) is 27.9 Å². The van der Waals surface area contributed by atoms with Crippen LogP contribution in [-0.2, 0) is 7.05 Å². The van der Waals surface area contributed by atoms with E-state index in [0.717, 1.165) is 27.9 Å². The third-order valence-corrected chi connectivity index (χ3v) is 5.94. The molecule has 0 bridgehead atoms. The number of aromatic amines is 1. The van der Waals surface area contributed by atoms with Crippen molar-refractivity contribution in [3.63, 3.8) is 0 Å². The molecular formula is C27H25N5. The van der Waals surface area contributed by atoms with Crippen LogP contribution in [0.2, 0.25) is 0 Å². The van der Waals surface area contributed by atoms with Crippen LogP contribution in [0.5, 0.6) is 0 Å². The molecule has 5 aromatic rings. The Morgan fingerprint density at radius 1 is 1.06 bits per heavy atom. The normalized spacial score (nSPS) is 12.1. The Kier molecular flexibility index (Phi) is 5.07. The Labute approximate surface area is 187 Å². The molecule has 5 nitrogen and oxygen atoms in total. The number of hydrogen-bond donors (Lipinski definition) is 2. The molecule has 0 spiro atoms. The maximum absolute atomic E-state index is 4.41. The van der Waals surface area contributed by atoms with Crippen molar-refractivity contribution >= 4 is 16.7 Å². The van der Waals surface area contributed by atoms with Gasteiger partial charge in [0.2, 0.25) is 0 Å². The van der Waals surface area contributed by atoms with Crippen molar-refractivity contribution in [2.45, 2.75) is 13.0 Å². The fourth-order valence-electron chi connectivity index (χ4n) is 4.30. The molecule has 2 N–H and O–H groups in total. The molecule has 0 amide bonds. The topological polar surface area (TPSA) is 58.5 Å². The monoisotopic (exact) mass is 419 g/mol. The van der Waals surface area contributed by atoms with E-state index >= 15 is 0 Å². The lowest BCUT2D eigenvalue weighted by Crippen LogP contribution is -2.22. The summed E-state index contributed by atoms with van der Waals surface area (Å²) < 4.78 is 1.84. The zero-order chi connectivity index (χ0) is 22.1. The highest BCUT2D eigenvalue weighted by atomic mass is 15.2. The van der Waals surface area contributed by atoms with Crippen LogP contribution in [0.15, 0.2) is 92.0 Å². The quantitative estimate of drug-likeness (QED) is 0.375. The smallest absolute Gasteiger partial charge is 0.137 e. The summed E-state index contributed by atoms with van der Waals surface area (Å²) in [6.45, 7) is 6.57. The molecule has 2 aromatic carbocycles. The number of aromatic nitrogens is 4. The van der Waals surface area contributed by atoms with Crippen molar-refractivity contribution < 1.29 is 0 Å². The number of rotatable bonds is 6. The number of aryl methyl sites for hydroxylation is 1. The zero-order valence-electron chi connectivity index (χ0n) is 18.2. The van der Waals surface area contributed by atoms with Gasteiger partial charge in [-0.15, -0.1) is 0 Å².